The molecule has 0 spiro atoms. The van der Waals surface area contributed by atoms with Crippen molar-refractivity contribution in [2.75, 3.05) is 39.3 Å². The number of carbonyl (C=O) groups excluding carboxylic acids is 1. The number of carbonyl (C=O) groups is 1. The van der Waals surface area contributed by atoms with E-state index in [1.54, 1.807) is 16.2 Å². The van der Waals surface area contributed by atoms with Gasteiger partial charge in [-0.3, -0.25) is 9.69 Å². The Hall–Kier alpha value is -1.64. The van der Waals surface area contributed by atoms with Crippen LogP contribution in [0.3, 0.4) is 0 Å². The zero-order valence-corrected chi connectivity index (χ0v) is 14.5. The normalized spacial score (nSPS) is 17.2. The second-order valence-corrected chi connectivity index (χ2v) is 7.19. The van der Waals surface area contributed by atoms with Crippen molar-refractivity contribution in [2.24, 2.45) is 0 Å². The summed E-state index contributed by atoms with van der Waals surface area (Å²) >= 11 is 1.65. The standard InChI is InChI=1S/C16H20BN3O3S/c1-11-18-14-8-13(2-3-15(14)24-11)23-10-12(21)9-19-4-6-20(7-5-19)16(17)22/h2-3,8,12,21H,4-7,9-10H2,1H3. The fourth-order valence-corrected chi connectivity index (χ4v) is 3.61. The zero-order valence-electron chi connectivity index (χ0n) is 13.6. The lowest BCUT2D eigenvalue weighted by atomic mass is 10.1. The highest BCUT2D eigenvalue weighted by atomic mass is 32.1. The lowest BCUT2D eigenvalue weighted by Crippen LogP contribution is -2.50. The number of ether oxygens (including phenoxy) is 1. The molecule has 3 rings (SSSR count). The number of hydrogen-bond donors (Lipinski definition) is 1. The Bertz CT molecular complexity index is 716. The van der Waals surface area contributed by atoms with Crippen molar-refractivity contribution >= 4 is 35.2 Å². The van der Waals surface area contributed by atoms with Gasteiger partial charge in [0.2, 0.25) is 7.85 Å². The third-order valence-corrected chi connectivity index (χ3v) is 5.01. The molecule has 1 aromatic carbocycles. The van der Waals surface area contributed by atoms with Gasteiger partial charge in [0.25, 0.3) is 0 Å². The number of fused-ring (bicyclic) bond motifs is 1. The van der Waals surface area contributed by atoms with Crippen molar-refractivity contribution in [2.45, 2.75) is 13.0 Å². The summed E-state index contributed by atoms with van der Waals surface area (Å²) in [7, 11) is 5.26. The third kappa shape index (κ3) is 4.26. The summed E-state index contributed by atoms with van der Waals surface area (Å²) in [6.07, 6.45) is -0.585. The molecule has 126 valence electrons. The molecule has 2 heterocycles. The lowest BCUT2D eigenvalue weighted by molar-refractivity contribution is 0.0533. The van der Waals surface area contributed by atoms with E-state index in [9.17, 15) is 9.90 Å². The molecule has 1 aliphatic heterocycles. The Kier molecular flexibility index (Phi) is 5.38. The summed E-state index contributed by atoms with van der Waals surface area (Å²) in [4.78, 5) is 19.3. The first-order valence-corrected chi connectivity index (χ1v) is 8.78. The molecule has 0 saturated carbocycles. The Balaban J connectivity index is 1.46. The van der Waals surface area contributed by atoms with E-state index in [1.807, 2.05) is 25.1 Å². The van der Waals surface area contributed by atoms with Gasteiger partial charge in [-0.1, -0.05) is 0 Å². The SMILES string of the molecule is [B]C(=O)N1CCN(CC(O)COc2ccc3sc(C)nc3c2)CC1. The van der Waals surface area contributed by atoms with E-state index in [-0.39, 0.29) is 12.4 Å². The maximum absolute atomic E-state index is 11.1. The molecular weight excluding hydrogens is 325 g/mol. The Morgan fingerprint density at radius 2 is 2.17 bits per heavy atom. The van der Waals surface area contributed by atoms with Crippen molar-refractivity contribution in [3.63, 3.8) is 0 Å². The van der Waals surface area contributed by atoms with Gasteiger partial charge in [-0.25, -0.2) is 4.98 Å². The van der Waals surface area contributed by atoms with Crippen molar-refractivity contribution in [3.8, 4) is 5.75 Å². The molecule has 2 radical (unpaired) electrons. The van der Waals surface area contributed by atoms with Crippen LogP contribution in [0.5, 0.6) is 5.75 Å². The minimum atomic E-state index is -0.585. The molecule has 8 heteroatoms. The van der Waals surface area contributed by atoms with Crippen LogP contribution in [0.25, 0.3) is 10.2 Å². The third-order valence-electron chi connectivity index (χ3n) is 4.06. The van der Waals surface area contributed by atoms with Gasteiger partial charge in [0.1, 0.15) is 18.5 Å². The number of aliphatic hydroxyl groups is 1. The first-order valence-electron chi connectivity index (χ1n) is 7.96. The topological polar surface area (TPSA) is 65.9 Å². The number of hydrogen-bond acceptors (Lipinski definition) is 6. The molecule has 1 amide bonds. The lowest BCUT2D eigenvalue weighted by Gasteiger charge is -2.35. The van der Waals surface area contributed by atoms with E-state index in [2.05, 4.69) is 9.88 Å². The smallest absolute Gasteiger partial charge is 0.200 e. The monoisotopic (exact) mass is 345 g/mol. The van der Waals surface area contributed by atoms with Gasteiger partial charge in [-0.05, 0) is 19.1 Å². The summed E-state index contributed by atoms with van der Waals surface area (Å²) in [6, 6.07) is 5.79. The fourth-order valence-electron chi connectivity index (χ4n) is 2.81. The van der Waals surface area contributed by atoms with Crippen LogP contribution in [-0.2, 0) is 0 Å². The van der Waals surface area contributed by atoms with Gasteiger partial charge in [0, 0.05) is 38.8 Å². The van der Waals surface area contributed by atoms with Gasteiger partial charge in [0.05, 0.1) is 15.2 Å². The summed E-state index contributed by atoms with van der Waals surface area (Å²) < 4.78 is 6.82. The maximum atomic E-state index is 11.1. The first kappa shape index (κ1) is 17.2. The highest BCUT2D eigenvalue weighted by molar-refractivity contribution is 7.18. The molecule has 6 nitrogen and oxygen atoms in total. The molecule has 1 fully saturated rings. The van der Waals surface area contributed by atoms with Crippen LogP contribution in [-0.4, -0.2) is 79.0 Å². The van der Waals surface area contributed by atoms with Gasteiger partial charge in [-0.2, -0.15) is 0 Å². The second-order valence-electron chi connectivity index (χ2n) is 5.95. The summed E-state index contributed by atoms with van der Waals surface area (Å²) in [5, 5.41) is 11.2. The van der Waals surface area contributed by atoms with Crippen molar-refractivity contribution in [1.29, 1.82) is 0 Å². The summed E-state index contributed by atoms with van der Waals surface area (Å²) in [6.45, 7) is 5.35. The number of benzene rings is 1. The number of aromatic nitrogens is 1. The van der Waals surface area contributed by atoms with Crippen LogP contribution in [0.1, 0.15) is 5.01 Å². The number of piperazine rings is 1. The number of aryl methyl sites for hydroxylation is 1. The van der Waals surface area contributed by atoms with Crippen LogP contribution in [0, 0.1) is 6.92 Å². The van der Waals surface area contributed by atoms with Gasteiger partial charge in [-0.15, -0.1) is 11.3 Å². The zero-order chi connectivity index (χ0) is 17.1. The average Bonchev–Trinajstić information content (AvgIpc) is 2.92. The van der Waals surface area contributed by atoms with Gasteiger partial charge in [0.15, 0.2) is 5.81 Å². The molecule has 1 atom stereocenters. The van der Waals surface area contributed by atoms with Crippen LogP contribution < -0.4 is 4.74 Å². The quantitative estimate of drug-likeness (QED) is 0.827. The Morgan fingerprint density at radius 3 is 2.88 bits per heavy atom. The van der Waals surface area contributed by atoms with Gasteiger partial charge < -0.3 is 14.7 Å². The van der Waals surface area contributed by atoms with E-state index in [4.69, 9.17) is 12.6 Å². The second kappa shape index (κ2) is 7.50. The van der Waals surface area contributed by atoms with Crippen molar-refractivity contribution in [3.05, 3.63) is 23.2 Å². The molecular formula is C16H20BN3O3S. The molecule has 24 heavy (non-hydrogen) atoms. The van der Waals surface area contributed by atoms with Crippen LogP contribution >= 0.6 is 11.3 Å². The highest BCUT2D eigenvalue weighted by Gasteiger charge is 2.20. The molecule has 0 aliphatic carbocycles. The largest absolute Gasteiger partial charge is 0.491 e. The molecule has 1 N–H and O–H groups in total. The van der Waals surface area contributed by atoms with Crippen LogP contribution in [0.2, 0.25) is 0 Å². The van der Waals surface area contributed by atoms with E-state index < -0.39 is 6.10 Å². The number of thiazole rings is 1. The van der Waals surface area contributed by atoms with E-state index in [0.717, 1.165) is 15.2 Å². The molecule has 2 aromatic rings. The highest BCUT2D eigenvalue weighted by Crippen LogP contribution is 2.25. The van der Waals surface area contributed by atoms with E-state index >= 15 is 0 Å². The first-order chi connectivity index (χ1) is 11.5. The predicted octanol–water partition coefficient (Wildman–Crippen LogP) is 1.25. The summed E-state index contributed by atoms with van der Waals surface area (Å²) in [5.41, 5.74) is 0.923. The number of nitrogens with zero attached hydrogens (tertiary/aromatic N) is 3. The molecule has 1 saturated heterocycles. The van der Waals surface area contributed by atoms with Crippen molar-refractivity contribution < 1.29 is 14.6 Å². The fraction of sp³-hybridized carbons (Fsp3) is 0.500. The number of aliphatic hydroxyl groups excluding tert-OH is 1. The minimum absolute atomic E-state index is 0.227. The summed E-state index contributed by atoms with van der Waals surface area (Å²) in [5.74, 6) is 0.330. The predicted molar refractivity (Wildman–Crippen MR) is 95.0 cm³/mol. The minimum Gasteiger partial charge on any atom is -0.491 e. The van der Waals surface area contributed by atoms with E-state index in [0.29, 0.717) is 38.5 Å². The van der Waals surface area contributed by atoms with Crippen LogP contribution in [0.4, 0.5) is 4.79 Å². The number of β-amino-alcohol motifs (C(OH)–C–C–N with tert-alkyl or cyclic N) is 1. The average molecular weight is 345 g/mol. The Labute approximate surface area is 146 Å². The van der Waals surface area contributed by atoms with Gasteiger partial charge >= 0.3 is 0 Å². The van der Waals surface area contributed by atoms with Crippen LogP contribution in [0.15, 0.2) is 18.2 Å². The molecule has 1 unspecified atom stereocenters. The number of amides is 1. The molecule has 0 bridgehead atoms. The Morgan fingerprint density at radius 1 is 1.42 bits per heavy atom. The molecule has 1 aromatic heterocycles. The molecule has 1 aliphatic rings. The maximum Gasteiger partial charge on any atom is 0.200 e. The van der Waals surface area contributed by atoms with Crippen molar-refractivity contribution in [1.82, 2.24) is 14.8 Å². The van der Waals surface area contributed by atoms with E-state index in [1.165, 1.54) is 0 Å². The number of rotatable bonds is 5.